The molecule has 0 unspecified atom stereocenters. The number of hydrogen-bond acceptors (Lipinski definition) is 3. The topological polar surface area (TPSA) is 45.2 Å². The van der Waals surface area contributed by atoms with Gasteiger partial charge in [0.1, 0.15) is 5.82 Å². The van der Waals surface area contributed by atoms with E-state index in [0.29, 0.717) is 16.6 Å². The Morgan fingerprint density at radius 2 is 1.88 bits per heavy atom. The van der Waals surface area contributed by atoms with Gasteiger partial charge < -0.3 is 10.2 Å². The van der Waals surface area contributed by atoms with E-state index < -0.39 is 0 Å². The first-order valence-electron chi connectivity index (χ1n) is 7.84. The summed E-state index contributed by atoms with van der Waals surface area (Å²) >= 11 is 0. The molecule has 0 aliphatic rings. The van der Waals surface area contributed by atoms with Gasteiger partial charge in [-0.3, -0.25) is 9.78 Å². The normalized spacial score (nSPS) is 11.0. The molecule has 1 aromatic heterocycles. The van der Waals surface area contributed by atoms with Gasteiger partial charge in [0, 0.05) is 37.4 Å². The molecule has 1 amide bonds. The van der Waals surface area contributed by atoms with E-state index in [1.165, 1.54) is 18.2 Å². The van der Waals surface area contributed by atoms with Crippen LogP contribution in [0.25, 0.3) is 17.0 Å². The van der Waals surface area contributed by atoms with Crippen LogP contribution in [0.3, 0.4) is 0 Å². The fourth-order valence-electron chi connectivity index (χ4n) is 2.46. The zero-order chi connectivity index (χ0) is 17.8. The molecule has 25 heavy (non-hydrogen) atoms. The largest absolute Gasteiger partial charge is 0.378 e. The molecule has 0 spiro atoms. The number of hydrogen-bond donors (Lipinski definition) is 1. The maximum absolute atomic E-state index is 13.5. The summed E-state index contributed by atoms with van der Waals surface area (Å²) in [4.78, 5) is 18.3. The first kappa shape index (κ1) is 16.6. The fourth-order valence-corrected chi connectivity index (χ4v) is 2.46. The minimum absolute atomic E-state index is 0.284. The number of carbonyl (C=O) groups is 1. The van der Waals surface area contributed by atoms with Crippen molar-refractivity contribution in [2.45, 2.75) is 0 Å². The highest BCUT2D eigenvalue weighted by molar-refractivity contribution is 6.06. The lowest BCUT2D eigenvalue weighted by Crippen LogP contribution is -2.08. The molecule has 126 valence electrons. The van der Waals surface area contributed by atoms with Gasteiger partial charge in [0.05, 0.1) is 11.2 Å². The quantitative estimate of drug-likeness (QED) is 0.730. The summed E-state index contributed by atoms with van der Waals surface area (Å²) < 4.78 is 13.5. The Labute approximate surface area is 145 Å². The lowest BCUT2D eigenvalue weighted by Gasteiger charge is -2.11. The van der Waals surface area contributed by atoms with E-state index in [-0.39, 0.29) is 11.7 Å². The van der Waals surface area contributed by atoms with Gasteiger partial charge >= 0.3 is 0 Å². The van der Waals surface area contributed by atoms with Crippen LogP contribution in [0, 0.1) is 5.82 Å². The molecule has 0 radical (unpaired) electrons. The molecule has 1 N–H and O–H groups in total. The van der Waals surface area contributed by atoms with Crippen LogP contribution in [-0.2, 0) is 4.79 Å². The lowest BCUT2D eigenvalue weighted by atomic mass is 10.1. The van der Waals surface area contributed by atoms with Gasteiger partial charge in [-0.25, -0.2) is 4.39 Å². The number of pyridine rings is 1. The molecule has 2 aromatic carbocycles. The molecule has 0 atom stereocenters. The van der Waals surface area contributed by atoms with E-state index in [4.69, 9.17) is 0 Å². The second-order valence-electron chi connectivity index (χ2n) is 5.83. The molecule has 0 saturated carbocycles. The van der Waals surface area contributed by atoms with Gasteiger partial charge in [-0.05, 0) is 48.0 Å². The average molecular weight is 335 g/mol. The van der Waals surface area contributed by atoms with Crippen molar-refractivity contribution < 1.29 is 9.18 Å². The summed E-state index contributed by atoms with van der Waals surface area (Å²) in [6, 6.07) is 13.8. The van der Waals surface area contributed by atoms with Crippen molar-refractivity contribution in [1.29, 1.82) is 0 Å². The smallest absolute Gasteiger partial charge is 0.248 e. The standard InChI is InChI=1S/C20H18FN3O/c1-24(2)16-7-3-14(4-8-16)5-10-20(25)23-19-11-12-22-18-9-6-15(21)13-17(18)19/h3-13H,1-2H3,(H,22,23,25). The number of carbonyl (C=O) groups excluding carboxylic acids is 1. The fraction of sp³-hybridized carbons (Fsp3) is 0.100. The predicted molar refractivity (Wildman–Crippen MR) is 100 cm³/mol. The van der Waals surface area contributed by atoms with Gasteiger partial charge in [0.25, 0.3) is 0 Å². The molecule has 0 fully saturated rings. The molecule has 3 rings (SSSR count). The predicted octanol–water partition coefficient (Wildman–Crippen LogP) is 4.09. The Balaban J connectivity index is 1.75. The number of nitrogens with one attached hydrogen (secondary N) is 1. The second-order valence-corrected chi connectivity index (χ2v) is 5.83. The second kappa shape index (κ2) is 7.13. The van der Waals surface area contributed by atoms with E-state index in [9.17, 15) is 9.18 Å². The summed E-state index contributed by atoms with van der Waals surface area (Å²) in [7, 11) is 3.94. The molecule has 5 heteroatoms. The first-order chi connectivity index (χ1) is 12.0. The van der Waals surface area contributed by atoms with Crippen LogP contribution in [0.2, 0.25) is 0 Å². The highest BCUT2D eigenvalue weighted by Gasteiger charge is 2.05. The number of aromatic nitrogens is 1. The molecule has 3 aromatic rings. The summed E-state index contributed by atoms with van der Waals surface area (Å²) in [5.41, 5.74) is 3.17. The van der Waals surface area contributed by atoms with Gasteiger partial charge in [0.15, 0.2) is 0 Å². The van der Waals surface area contributed by atoms with Crippen molar-refractivity contribution in [3.05, 3.63) is 72.2 Å². The Morgan fingerprint density at radius 3 is 2.60 bits per heavy atom. The molecule has 0 aliphatic carbocycles. The van der Waals surface area contributed by atoms with Gasteiger partial charge in [-0.2, -0.15) is 0 Å². The van der Waals surface area contributed by atoms with Crippen LogP contribution in [0.15, 0.2) is 60.8 Å². The van der Waals surface area contributed by atoms with Gasteiger partial charge in [0.2, 0.25) is 5.91 Å². The van der Waals surface area contributed by atoms with Crippen LogP contribution in [-0.4, -0.2) is 25.0 Å². The van der Waals surface area contributed by atoms with E-state index in [1.54, 1.807) is 24.4 Å². The minimum atomic E-state index is -0.368. The molecule has 0 saturated heterocycles. The van der Waals surface area contributed by atoms with E-state index in [0.717, 1.165) is 11.3 Å². The summed E-state index contributed by atoms with van der Waals surface area (Å²) in [5, 5.41) is 3.34. The zero-order valence-electron chi connectivity index (χ0n) is 14.0. The Bertz CT molecular complexity index is 933. The molecular formula is C20H18FN3O. The van der Waals surface area contributed by atoms with Crippen LogP contribution < -0.4 is 10.2 Å². The van der Waals surface area contributed by atoms with Crippen molar-refractivity contribution in [2.24, 2.45) is 0 Å². The van der Waals surface area contributed by atoms with Crippen molar-refractivity contribution in [3.63, 3.8) is 0 Å². The van der Waals surface area contributed by atoms with Crippen LogP contribution in [0.1, 0.15) is 5.56 Å². The Hall–Kier alpha value is -3.21. The third kappa shape index (κ3) is 4.01. The van der Waals surface area contributed by atoms with Crippen molar-refractivity contribution in [2.75, 3.05) is 24.3 Å². The third-order valence-electron chi connectivity index (χ3n) is 3.80. The number of nitrogens with zero attached hydrogens (tertiary/aromatic N) is 2. The molecule has 4 nitrogen and oxygen atoms in total. The van der Waals surface area contributed by atoms with Crippen molar-refractivity contribution in [3.8, 4) is 0 Å². The lowest BCUT2D eigenvalue weighted by molar-refractivity contribution is -0.111. The maximum atomic E-state index is 13.5. The van der Waals surface area contributed by atoms with Crippen molar-refractivity contribution in [1.82, 2.24) is 4.98 Å². The Kier molecular flexibility index (Phi) is 4.75. The van der Waals surface area contributed by atoms with Crippen LogP contribution in [0.4, 0.5) is 15.8 Å². The average Bonchev–Trinajstić information content (AvgIpc) is 2.61. The minimum Gasteiger partial charge on any atom is -0.378 e. The van der Waals surface area contributed by atoms with Gasteiger partial charge in [-0.15, -0.1) is 0 Å². The van der Waals surface area contributed by atoms with E-state index in [2.05, 4.69) is 10.3 Å². The zero-order valence-corrected chi connectivity index (χ0v) is 14.0. The number of halogens is 1. The van der Waals surface area contributed by atoms with E-state index >= 15 is 0 Å². The van der Waals surface area contributed by atoms with Crippen LogP contribution >= 0.6 is 0 Å². The number of rotatable bonds is 4. The number of amides is 1. The van der Waals surface area contributed by atoms with Crippen LogP contribution in [0.5, 0.6) is 0 Å². The SMILES string of the molecule is CN(C)c1ccc(C=CC(=O)Nc2ccnc3ccc(F)cc23)cc1. The monoisotopic (exact) mass is 335 g/mol. The molecule has 0 aliphatic heterocycles. The van der Waals surface area contributed by atoms with Gasteiger partial charge in [-0.1, -0.05) is 12.1 Å². The van der Waals surface area contributed by atoms with Crippen molar-refractivity contribution >= 4 is 34.3 Å². The highest BCUT2D eigenvalue weighted by Crippen LogP contribution is 2.22. The number of fused-ring (bicyclic) bond motifs is 1. The molecule has 1 heterocycles. The van der Waals surface area contributed by atoms with E-state index in [1.807, 2.05) is 43.3 Å². The summed E-state index contributed by atoms with van der Waals surface area (Å²) in [6.45, 7) is 0. The number of benzene rings is 2. The summed E-state index contributed by atoms with van der Waals surface area (Å²) in [6.07, 6.45) is 4.77. The summed E-state index contributed by atoms with van der Waals surface area (Å²) in [5.74, 6) is -0.652. The third-order valence-corrected chi connectivity index (χ3v) is 3.80. The number of anilines is 2. The maximum Gasteiger partial charge on any atom is 0.248 e. The molecule has 0 bridgehead atoms. The highest BCUT2D eigenvalue weighted by atomic mass is 19.1. The Morgan fingerprint density at radius 1 is 1.12 bits per heavy atom. The molecular weight excluding hydrogens is 317 g/mol. The first-order valence-corrected chi connectivity index (χ1v) is 7.84.